The number of aliphatic hydroxyl groups is 6. The predicted molar refractivity (Wildman–Crippen MR) is 258 cm³/mol. The summed E-state index contributed by atoms with van der Waals surface area (Å²) in [7, 11) is 0. The first-order valence-corrected chi connectivity index (χ1v) is 30.3. The monoisotopic (exact) mass is 953 g/mol. The molecule has 0 bridgehead atoms. The van der Waals surface area contributed by atoms with Crippen molar-refractivity contribution < 1.29 is 30.6 Å². The van der Waals surface area contributed by atoms with E-state index in [4.69, 9.17) is 0 Å². The minimum absolute atomic E-state index is 0.0496. The molecule has 6 N–H and O–H groups in total. The molecule has 0 aliphatic heterocycles. The van der Waals surface area contributed by atoms with Crippen molar-refractivity contribution in [3.8, 4) is 0 Å². The molecule has 0 amide bonds. The first-order chi connectivity index (χ1) is 29.5. The van der Waals surface area contributed by atoms with Crippen LogP contribution in [0.3, 0.4) is 0 Å². The number of rotatable bonds is 14. The van der Waals surface area contributed by atoms with Gasteiger partial charge in [0, 0.05) is 0 Å². The zero-order valence-electron chi connectivity index (χ0n) is 40.9. The number of aliphatic hydroxyl groups excluding tert-OH is 6. The molecule has 8 rings (SSSR count). The van der Waals surface area contributed by atoms with Crippen molar-refractivity contribution in [1.82, 2.24) is 0 Å². The molecule has 0 saturated heterocycles. The number of fused-ring (bicyclic) bond motifs is 10. The van der Waals surface area contributed by atoms with E-state index in [0.717, 1.165) is 64.3 Å². The molecule has 8 heteroatoms. The Morgan fingerprint density at radius 1 is 0.484 bits per heavy atom. The van der Waals surface area contributed by atoms with E-state index in [-0.39, 0.29) is 46.7 Å². The molecule has 6 nitrogen and oxygen atoms in total. The number of thioether (sulfide) groups is 1. The SMILES string of the molecule is CCCSCCCC(C)C1CCC2C3C(CC[C@]12C)[C@@]1(C)CC[C@@H](O)C[C@H]1[C@H](O)[C@@H]3O.CCC[Se]CCCC(C)C1CCC2C3C(CC[C@]12C)[C@@]1(C)CC[C@@H](O)C[C@H]1[C@H](O)[C@@H]3O. The molecule has 0 radical (unpaired) electrons. The first kappa shape index (κ1) is 50.5. The Hall–Kier alpha value is 0.629. The van der Waals surface area contributed by atoms with Gasteiger partial charge in [-0.3, -0.25) is 0 Å². The maximum atomic E-state index is 11.4. The van der Waals surface area contributed by atoms with E-state index < -0.39 is 24.4 Å². The van der Waals surface area contributed by atoms with Crippen LogP contribution in [0.25, 0.3) is 0 Å². The summed E-state index contributed by atoms with van der Waals surface area (Å²) >= 11 is 2.95. The van der Waals surface area contributed by atoms with E-state index in [2.05, 4.69) is 67.2 Å². The zero-order valence-corrected chi connectivity index (χ0v) is 43.4. The van der Waals surface area contributed by atoms with Gasteiger partial charge >= 0.3 is 186 Å². The van der Waals surface area contributed by atoms with Crippen LogP contribution in [0.1, 0.15) is 184 Å². The molecule has 8 aliphatic rings. The molecule has 62 heavy (non-hydrogen) atoms. The van der Waals surface area contributed by atoms with Crippen molar-refractivity contribution >= 4 is 26.7 Å². The van der Waals surface area contributed by atoms with Crippen LogP contribution in [0.2, 0.25) is 10.6 Å². The van der Waals surface area contributed by atoms with Gasteiger partial charge in [-0.2, -0.15) is 11.8 Å². The van der Waals surface area contributed by atoms with Crippen LogP contribution in [0, 0.1) is 92.7 Å². The Bertz CT molecular complexity index is 1330. The van der Waals surface area contributed by atoms with Crippen molar-refractivity contribution in [2.75, 3.05) is 11.5 Å². The van der Waals surface area contributed by atoms with Crippen LogP contribution in [0.5, 0.6) is 0 Å². The van der Waals surface area contributed by atoms with E-state index >= 15 is 0 Å². The quantitative estimate of drug-likeness (QED) is 0.0758. The molecular weight excluding hydrogens is 856 g/mol. The molecule has 8 aliphatic carbocycles. The number of hydrogen-bond acceptors (Lipinski definition) is 7. The van der Waals surface area contributed by atoms with Crippen LogP contribution in [-0.4, -0.2) is 93.7 Å². The van der Waals surface area contributed by atoms with Gasteiger partial charge < -0.3 is 20.4 Å². The Labute approximate surface area is 390 Å². The zero-order chi connectivity index (χ0) is 44.8. The molecule has 0 spiro atoms. The molecule has 0 aromatic carbocycles. The van der Waals surface area contributed by atoms with Crippen molar-refractivity contribution in [1.29, 1.82) is 0 Å². The van der Waals surface area contributed by atoms with Crippen LogP contribution >= 0.6 is 11.8 Å². The second kappa shape index (κ2) is 20.7. The molecule has 10 unspecified atom stereocenters. The summed E-state index contributed by atoms with van der Waals surface area (Å²) in [4.78, 5) is 0. The molecule has 0 heterocycles. The Morgan fingerprint density at radius 3 is 1.37 bits per heavy atom. The van der Waals surface area contributed by atoms with E-state index in [1.807, 2.05) is 0 Å². The minimum atomic E-state index is -0.671. The fourth-order valence-electron chi connectivity index (χ4n) is 18.3. The second-order valence-corrected chi connectivity index (χ2v) is 28.3. The summed E-state index contributed by atoms with van der Waals surface area (Å²) in [5.41, 5.74) is 0.793. The molecule has 8 fully saturated rings. The summed E-state index contributed by atoms with van der Waals surface area (Å²) < 4.78 is 0. The van der Waals surface area contributed by atoms with Crippen molar-refractivity contribution in [3.05, 3.63) is 0 Å². The molecule has 0 aromatic heterocycles. The van der Waals surface area contributed by atoms with Gasteiger partial charge in [0.05, 0.1) is 24.4 Å². The average Bonchev–Trinajstić information content (AvgIpc) is 3.79. The van der Waals surface area contributed by atoms with Gasteiger partial charge in [0.1, 0.15) is 0 Å². The van der Waals surface area contributed by atoms with E-state index in [1.165, 1.54) is 112 Å². The molecule has 0 aromatic rings. The van der Waals surface area contributed by atoms with Gasteiger partial charge in [0.15, 0.2) is 0 Å². The van der Waals surface area contributed by atoms with Gasteiger partial charge in [-0.1, -0.05) is 27.7 Å². The van der Waals surface area contributed by atoms with Crippen molar-refractivity contribution in [3.63, 3.8) is 0 Å². The summed E-state index contributed by atoms with van der Waals surface area (Å²) in [5.74, 6) is 8.36. The van der Waals surface area contributed by atoms with Gasteiger partial charge in [0.2, 0.25) is 0 Å². The van der Waals surface area contributed by atoms with Gasteiger partial charge in [-0.05, 0) is 122 Å². The summed E-state index contributed by atoms with van der Waals surface area (Å²) in [5, 5.41) is 68.6. The van der Waals surface area contributed by atoms with Gasteiger partial charge in [-0.25, -0.2) is 0 Å². The second-order valence-electron chi connectivity index (χ2n) is 24.5. The maximum absolute atomic E-state index is 11.4. The van der Waals surface area contributed by atoms with Crippen LogP contribution < -0.4 is 0 Å². The molecule has 360 valence electrons. The number of hydrogen-bond donors (Lipinski definition) is 6. The Morgan fingerprint density at radius 2 is 0.919 bits per heavy atom. The van der Waals surface area contributed by atoms with E-state index in [9.17, 15) is 30.6 Å². The van der Waals surface area contributed by atoms with E-state index in [0.29, 0.717) is 47.3 Å². The van der Waals surface area contributed by atoms with E-state index in [1.54, 1.807) is 0 Å². The van der Waals surface area contributed by atoms with Crippen LogP contribution in [0.15, 0.2) is 0 Å². The fourth-order valence-corrected chi connectivity index (χ4v) is 21.0. The van der Waals surface area contributed by atoms with Crippen LogP contribution in [-0.2, 0) is 0 Å². The third kappa shape index (κ3) is 9.25. The average molecular weight is 952 g/mol. The topological polar surface area (TPSA) is 121 Å². The Kier molecular flexibility index (Phi) is 16.9. The molecular formula is C54H96O6SSe. The molecule has 22 atom stereocenters. The summed E-state index contributed by atoms with van der Waals surface area (Å²) in [6, 6.07) is 0. The standard InChI is InChI=1S/C27H48O3S.C27H48O3Se/c2*1-5-14-31-15-6-7-17(2)19-8-9-20-23-21(11-13-26(19,20)3)27(4)12-10-18(28)16-22(27)24(29)25(23)30/h2*17-25,28-30H,5-16H2,1-4H3/t2*17?,18-,19?,20?,21?,22+,23?,24+,25-,26-,27-/m11/s1. The Balaban J connectivity index is 0.000000186. The normalized spacial score (nSPS) is 50.4. The summed E-state index contributed by atoms with van der Waals surface area (Å²) in [6.07, 6.45) is 20.0. The van der Waals surface area contributed by atoms with Crippen LogP contribution in [0.4, 0.5) is 0 Å². The third-order valence-electron chi connectivity index (χ3n) is 21.6. The van der Waals surface area contributed by atoms with Crippen molar-refractivity contribution in [2.24, 2.45) is 92.7 Å². The third-order valence-corrected chi connectivity index (χ3v) is 25.5. The summed E-state index contributed by atoms with van der Waals surface area (Å²) in [6.45, 7) is 19.4. The first-order valence-electron chi connectivity index (χ1n) is 26.7. The predicted octanol–water partition coefficient (Wildman–Crippen LogP) is 10.8. The van der Waals surface area contributed by atoms with Gasteiger partial charge in [-0.15, -0.1) is 0 Å². The molecule has 8 saturated carbocycles. The van der Waals surface area contributed by atoms with Crippen molar-refractivity contribution in [2.45, 2.75) is 231 Å². The fraction of sp³-hybridized carbons (Fsp3) is 1.00. The van der Waals surface area contributed by atoms with Gasteiger partial charge in [0.25, 0.3) is 0 Å².